The number of fused-ring (bicyclic) bond motifs is 1. The van der Waals surface area contributed by atoms with Crippen LogP contribution in [0.1, 0.15) is 30.9 Å². The second-order valence-electron chi connectivity index (χ2n) is 5.53. The second-order valence-corrected chi connectivity index (χ2v) is 5.53. The Morgan fingerprint density at radius 2 is 2.04 bits per heavy atom. The summed E-state index contributed by atoms with van der Waals surface area (Å²) in [5.41, 5.74) is 4.99. The van der Waals surface area contributed by atoms with E-state index in [1.807, 2.05) is 13.0 Å². The fourth-order valence-electron chi connectivity index (χ4n) is 2.44. The van der Waals surface area contributed by atoms with Gasteiger partial charge in [0.15, 0.2) is 0 Å². The van der Waals surface area contributed by atoms with Crippen molar-refractivity contribution in [1.82, 2.24) is 4.90 Å². The summed E-state index contributed by atoms with van der Waals surface area (Å²) in [5.74, 6) is -0.924. The zero-order chi connectivity index (χ0) is 18.7. The average Bonchev–Trinajstić information content (AvgIpc) is 2.58. The first-order valence-electron chi connectivity index (χ1n) is 8.15. The van der Waals surface area contributed by atoms with Crippen molar-refractivity contribution in [3.05, 3.63) is 77.5 Å². The van der Waals surface area contributed by atoms with Crippen LogP contribution in [0.2, 0.25) is 0 Å². The number of rotatable bonds is 5. The van der Waals surface area contributed by atoms with E-state index in [4.69, 9.17) is 5.11 Å². The van der Waals surface area contributed by atoms with E-state index in [-0.39, 0.29) is 12.8 Å². The van der Waals surface area contributed by atoms with Crippen LogP contribution in [0.3, 0.4) is 0 Å². The first-order chi connectivity index (χ1) is 12.0. The molecule has 0 spiro atoms. The van der Waals surface area contributed by atoms with Crippen molar-refractivity contribution in [2.24, 2.45) is 0 Å². The number of likely N-dealkylation sites (N-methyl/N-ethyl adjacent to an activating group) is 1. The van der Waals surface area contributed by atoms with Gasteiger partial charge in [0, 0.05) is 25.7 Å². The molecule has 2 rings (SSSR count). The quantitative estimate of drug-likeness (QED) is 0.816. The summed E-state index contributed by atoms with van der Waals surface area (Å²) < 4.78 is 0. The maximum Gasteiger partial charge on any atom is 0.303 e. The number of hydrogen-bond donors (Lipinski definition) is 1. The lowest BCUT2D eigenvalue weighted by molar-refractivity contribution is -0.137. The molecule has 0 radical (unpaired) electrons. The summed E-state index contributed by atoms with van der Waals surface area (Å²) in [6, 6.07) is 8.51. The summed E-state index contributed by atoms with van der Waals surface area (Å²) in [7, 11) is 2.11. The third-order valence-corrected chi connectivity index (χ3v) is 3.63. The lowest BCUT2D eigenvalue weighted by Gasteiger charge is -2.25. The fraction of sp³-hybridized carbons (Fsp3) is 0.238. The lowest BCUT2D eigenvalue weighted by atomic mass is 10.0. The number of hydrogen-bond acceptors (Lipinski definition) is 3. The molecule has 1 aliphatic heterocycles. The van der Waals surface area contributed by atoms with Crippen LogP contribution >= 0.6 is 0 Å². The van der Waals surface area contributed by atoms with E-state index in [1.54, 1.807) is 0 Å². The zero-order valence-electron chi connectivity index (χ0n) is 14.8. The second kappa shape index (κ2) is 10.8. The molecule has 0 aliphatic carbocycles. The highest BCUT2D eigenvalue weighted by Gasteiger charge is 2.10. The van der Waals surface area contributed by atoms with Crippen LogP contribution in [-0.4, -0.2) is 29.3 Å². The summed E-state index contributed by atoms with van der Waals surface area (Å²) in [6.07, 6.45) is 11.1. The number of aliphatic carboxylic acids is 1. The predicted molar refractivity (Wildman–Crippen MR) is 102 cm³/mol. The van der Waals surface area contributed by atoms with Crippen molar-refractivity contribution in [2.75, 3.05) is 7.05 Å². The van der Waals surface area contributed by atoms with E-state index in [1.165, 1.54) is 22.4 Å². The largest absolute Gasteiger partial charge is 0.481 e. The first kappa shape index (κ1) is 20.2. The highest BCUT2D eigenvalue weighted by molar-refractivity contribution is 5.70. The van der Waals surface area contributed by atoms with Gasteiger partial charge in [0.1, 0.15) is 6.29 Å². The topological polar surface area (TPSA) is 57.6 Å². The Labute approximate surface area is 149 Å². The van der Waals surface area contributed by atoms with E-state index in [9.17, 15) is 9.59 Å². The van der Waals surface area contributed by atoms with Crippen molar-refractivity contribution in [1.29, 1.82) is 0 Å². The van der Waals surface area contributed by atoms with Gasteiger partial charge in [-0.05, 0) is 29.7 Å². The Balaban J connectivity index is 0.000000381. The minimum absolute atomic E-state index is 0.0521. The van der Waals surface area contributed by atoms with E-state index in [2.05, 4.69) is 67.1 Å². The monoisotopic (exact) mass is 339 g/mol. The number of carbonyl (C=O) groups excluding carboxylic acids is 1. The number of carboxylic acids is 1. The van der Waals surface area contributed by atoms with E-state index < -0.39 is 5.97 Å². The normalized spacial score (nSPS) is 17.6. The molecule has 0 aromatic heterocycles. The summed E-state index contributed by atoms with van der Waals surface area (Å²) in [6.45, 7) is 6.87. The van der Waals surface area contributed by atoms with Crippen LogP contribution in [0.25, 0.3) is 6.08 Å². The molecule has 0 unspecified atom stereocenters. The van der Waals surface area contributed by atoms with E-state index in [0.29, 0.717) is 6.29 Å². The molecule has 1 heterocycles. The van der Waals surface area contributed by atoms with Crippen molar-refractivity contribution >= 4 is 18.3 Å². The molecule has 0 amide bonds. The predicted octanol–water partition coefficient (Wildman–Crippen LogP) is 4.21. The molecule has 25 heavy (non-hydrogen) atoms. The summed E-state index contributed by atoms with van der Waals surface area (Å²) in [4.78, 5) is 21.3. The van der Waals surface area contributed by atoms with Crippen LogP contribution in [-0.2, 0) is 16.1 Å². The smallest absolute Gasteiger partial charge is 0.303 e. The molecule has 0 atom stereocenters. The van der Waals surface area contributed by atoms with Crippen LogP contribution in [0, 0.1) is 0 Å². The number of aldehydes is 1. The van der Waals surface area contributed by atoms with Gasteiger partial charge in [-0.1, -0.05) is 55.1 Å². The molecule has 1 aromatic rings. The van der Waals surface area contributed by atoms with Gasteiger partial charge in [-0.3, -0.25) is 4.79 Å². The highest BCUT2D eigenvalue weighted by Crippen LogP contribution is 2.23. The molecule has 0 saturated carbocycles. The van der Waals surface area contributed by atoms with Gasteiger partial charge < -0.3 is 14.8 Å². The van der Waals surface area contributed by atoms with Gasteiger partial charge >= 0.3 is 5.97 Å². The maximum absolute atomic E-state index is 9.60. The molecule has 132 valence electrons. The molecule has 4 heteroatoms. The molecular weight excluding hydrogens is 314 g/mol. The van der Waals surface area contributed by atoms with E-state index in [0.717, 1.165) is 6.54 Å². The maximum atomic E-state index is 9.60. The van der Waals surface area contributed by atoms with Crippen LogP contribution in [0.15, 0.2) is 66.4 Å². The molecule has 1 aromatic carbocycles. The molecule has 1 N–H and O–H groups in total. The van der Waals surface area contributed by atoms with Crippen LogP contribution < -0.4 is 0 Å². The fourth-order valence-corrected chi connectivity index (χ4v) is 2.44. The molecule has 0 bridgehead atoms. The Hall–Kier alpha value is -2.88. The molecule has 0 saturated heterocycles. The summed E-state index contributed by atoms with van der Waals surface area (Å²) >= 11 is 0. The van der Waals surface area contributed by atoms with Gasteiger partial charge in [-0.2, -0.15) is 0 Å². The number of benzene rings is 1. The number of allylic oxidation sites excluding steroid dienone is 5. The van der Waals surface area contributed by atoms with Gasteiger partial charge in [0.2, 0.25) is 0 Å². The van der Waals surface area contributed by atoms with Gasteiger partial charge in [0.25, 0.3) is 0 Å². The van der Waals surface area contributed by atoms with Crippen LogP contribution in [0.5, 0.6) is 0 Å². The number of carboxylic acid groups (broad SMARTS) is 1. The number of nitrogens with zero attached hydrogens (tertiary/aromatic N) is 1. The first-order valence-corrected chi connectivity index (χ1v) is 8.15. The van der Waals surface area contributed by atoms with Crippen molar-refractivity contribution < 1.29 is 14.7 Å². The number of carbonyl (C=O) groups is 2. The van der Waals surface area contributed by atoms with Crippen molar-refractivity contribution in [2.45, 2.75) is 26.3 Å². The molecular formula is C21H25NO3. The third kappa shape index (κ3) is 6.63. The van der Waals surface area contributed by atoms with Crippen LogP contribution in [0.4, 0.5) is 0 Å². The van der Waals surface area contributed by atoms with Gasteiger partial charge in [-0.25, -0.2) is 0 Å². The Bertz CT molecular complexity index is 699. The molecule has 4 nitrogen and oxygen atoms in total. The Kier molecular flexibility index (Phi) is 8.72. The minimum atomic E-state index is -0.924. The van der Waals surface area contributed by atoms with Gasteiger partial charge in [0.05, 0.1) is 6.42 Å². The molecule has 0 fully saturated rings. The van der Waals surface area contributed by atoms with Crippen molar-refractivity contribution in [3.63, 3.8) is 0 Å². The summed E-state index contributed by atoms with van der Waals surface area (Å²) in [5, 5.41) is 7.89. The van der Waals surface area contributed by atoms with E-state index >= 15 is 0 Å². The Morgan fingerprint density at radius 3 is 2.60 bits per heavy atom. The third-order valence-electron chi connectivity index (χ3n) is 3.63. The zero-order valence-corrected chi connectivity index (χ0v) is 14.8. The molecule has 1 aliphatic rings. The Morgan fingerprint density at radius 1 is 1.32 bits per heavy atom. The minimum Gasteiger partial charge on any atom is -0.481 e. The average molecular weight is 339 g/mol. The lowest BCUT2D eigenvalue weighted by Crippen LogP contribution is -2.18. The SMILES string of the molecule is C=C/C1=C(\C=C/C)/C=C\c2ccccc2CN1C.O=CCCC(=O)O. The highest BCUT2D eigenvalue weighted by atomic mass is 16.4. The van der Waals surface area contributed by atoms with Crippen molar-refractivity contribution in [3.8, 4) is 0 Å². The standard InChI is InChI=1S/C17H19N.C4H6O3/c1-4-8-15-12-11-14-9-6-7-10-16(14)13-18(3)17(15)5-2;5-3-1-2-4(6)7/h4-12H,2,13H2,1,3H3;3H,1-2H2,(H,6,7)/b8-4-,12-11-,17-15-;. The van der Waals surface area contributed by atoms with Gasteiger partial charge in [-0.15, -0.1) is 0 Å².